The van der Waals surface area contributed by atoms with Gasteiger partial charge in [0.15, 0.2) is 11.6 Å². The summed E-state index contributed by atoms with van der Waals surface area (Å²) in [6.07, 6.45) is 4.44. The Balaban J connectivity index is 1.34. The van der Waals surface area contributed by atoms with E-state index in [1.165, 1.54) is 11.6 Å². The topological polar surface area (TPSA) is 41.9 Å². The molecule has 0 spiro atoms. The predicted molar refractivity (Wildman–Crippen MR) is 111 cm³/mol. The molecule has 0 aromatic heterocycles. The zero-order chi connectivity index (χ0) is 21.0. The van der Waals surface area contributed by atoms with Crippen LogP contribution in [0.5, 0.6) is 5.75 Å². The molecule has 0 radical (unpaired) electrons. The summed E-state index contributed by atoms with van der Waals surface area (Å²) < 4.78 is 37.8. The first-order chi connectivity index (χ1) is 14.5. The van der Waals surface area contributed by atoms with Crippen molar-refractivity contribution in [1.82, 2.24) is 4.90 Å². The average Bonchev–Trinajstić information content (AvgIpc) is 2.97. The van der Waals surface area contributed by atoms with Gasteiger partial charge in [-0.3, -0.25) is 4.90 Å². The van der Waals surface area contributed by atoms with Gasteiger partial charge in [0.05, 0.1) is 13.2 Å². The summed E-state index contributed by atoms with van der Waals surface area (Å²) in [6.45, 7) is 1.90. The Morgan fingerprint density at radius 3 is 2.53 bits per heavy atom. The van der Waals surface area contributed by atoms with Gasteiger partial charge in [-0.1, -0.05) is 30.3 Å². The Bertz CT molecular complexity index is 826. The zero-order valence-electron chi connectivity index (χ0n) is 17.1. The average molecular weight is 417 g/mol. The molecule has 4 nitrogen and oxygen atoms in total. The second-order valence-corrected chi connectivity index (χ2v) is 8.53. The van der Waals surface area contributed by atoms with Crippen molar-refractivity contribution in [3.8, 4) is 5.75 Å². The van der Waals surface area contributed by atoms with Crippen molar-refractivity contribution in [1.29, 1.82) is 0 Å². The number of nitrogens with zero attached hydrogens (tertiary/aromatic N) is 1. The molecule has 2 aliphatic rings. The van der Waals surface area contributed by atoms with Gasteiger partial charge < -0.3 is 14.6 Å². The minimum Gasteiger partial charge on any atom is -0.490 e. The van der Waals surface area contributed by atoms with E-state index in [4.69, 9.17) is 9.47 Å². The van der Waals surface area contributed by atoms with Crippen LogP contribution in [0.1, 0.15) is 37.2 Å². The smallest absolute Gasteiger partial charge is 0.162 e. The van der Waals surface area contributed by atoms with Crippen molar-refractivity contribution in [2.75, 3.05) is 32.9 Å². The maximum absolute atomic E-state index is 13.4. The highest BCUT2D eigenvalue weighted by Crippen LogP contribution is 2.35. The van der Waals surface area contributed by atoms with E-state index in [1.54, 1.807) is 0 Å². The number of halogens is 2. The van der Waals surface area contributed by atoms with Crippen LogP contribution in [0.4, 0.5) is 8.78 Å². The molecule has 2 aromatic rings. The summed E-state index contributed by atoms with van der Waals surface area (Å²) in [5, 5.41) is 11.1. The molecule has 30 heavy (non-hydrogen) atoms. The van der Waals surface area contributed by atoms with Crippen LogP contribution in [0.25, 0.3) is 0 Å². The van der Waals surface area contributed by atoms with Gasteiger partial charge in [0.25, 0.3) is 0 Å². The Kier molecular flexibility index (Phi) is 6.66. The van der Waals surface area contributed by atoms with Crippen LogP contribution in [0.3, 0.4) is 0 Å². The van der Waals surface area contributed by atoms with E-state index in [0.29, 0.717) is 25.1 Å². The van der Waals surface area contributed by atoms with E-state index in [9.17, 15) is 13.9 Å². The molecule has 1 saturated heterocycles. The SMILES string of the molecule is O[C@]1(COc2ccc(F)c(F)c2)COCCN(C2CCC(c3ccccc3)CC2)C1. The number of benzene rings is 2. The van der Waals surface area contributed by atoms with Crippen molar-refractivity contribution < 1.29 is 23.4 Å². The minimum atomic E-state index is -1.20. The lowest BCUT2D eigenvalue weighted by molar-refractivity contribution is -0.0683. The summed E-state index contributed by atoms with van der Waals surface area (Å²) in [6, 6.07) is 14.5. The highest BCUT2D eigenvalue weighted by Gasteiger charge is 2.37. The highest BCUT2D eigenvalue weighted by molar-refractivity contribution is 5.24. The second-order valence-electron chi connectivity index (χ2n) is 8.53. The Hall–Kier alpha value is -2.02. The lowest BCUT2D eigenvalue weighted by atomic mass is 9.81. The molecule has 2 fully saturated rings. The van der Waals surface area contributed by atoms with Gasteiger partial charge in [0.2, 0.25) is 0 Å². The molecule has 6 heteroatoms. The molecule has 1 N–H and O–H groups in total. The lowest BCUT2D eigenvalue weighted by Crippen LogP contribution is -2.52. The van der Waals surface area contributed by atoms with Crippen LogP contribution in [0.15, 0.2) is 48.5 Å². The summed E-state index contributed by atoms with van der Waals surface area (Å²) in [7, 11) is 0. The van der Waals surface area contributed by atoms with Gasteiger partial charge >= 0.3 is 0 Å². The second kappa shape index (κ2) is 9.41. The Labute approximate surface area is 176 Å². The van der Waals surface area contributed by atoms with Crippen LogP contribution in [0.2, 0.25) is 0 Å². The molecule has 1 saturated carbocycles. The van der Waals surface area contributed by atoms with Gasteiger partial charge in [0, 0.05) is 25.2 Å². The maximum Gasteiger partial charge on any atom is 0.162 e. The first-order valence-electron chi connectivity index (χ1n) is 10.7. The minimum absolute atomic E-state index is 0.0338. The van der Waals surface area contributed by atoms with Crippen molar-refractivity contribution in [2.24, 2.45) is 0 Å². The molecule has 1 aliphatic carbocycles. The van der Waals surface area contributed by atoms with Crippen LogP contribution in [-0.2, 0) is 4.74 Å². The van der Waals surface area contributed by atoms with Gasteiger partial charge in [-0.25, -0.2) is 8.78 Å². The van der Waals surface area contributed by atoms with Crippen LogP contribution < -0.4 is 4.74 Å². The first kappa shape index (κ1) is 21.2. The van der Waals surface area contributed by atoms with E-state index in [-0.39, 0.29) is 19.0 Å². The molecule has 1 atom stereocenters. The van der Waals surface area contributed by atoms with Crippen molar-refractivity contribution >= 4 is 0 Å². The van der Waals surface area contributed by atoms with Gasteiger partial charge in [-0.15, -0.1) is 0 Å². The zero-order valence-corrected chi connectivity index (χ0v) is 17.1. The number of β-amino-alcohol motifs (C(OH)–C–C–N with tert-alkyl or cyclic N) is 1. The van der Waals surface area contributed by atoms with Crippen LogP contribution in [0, 0.1) is 11.6 Å². The quantitative estimate of drug-likeness (QED) is 0.794. The van der Waals surface area contributed by atoms with E-state index in [2.05, 4.69) is 35.2 Å². The lowest BCUT2D eigenvalue weighted by Gasteiger charge is -2.39. The summed E-state index contributed by atoms with van der Waals surface area (Å²) >= 11 is 0. The summed E-state index contributed by atoms with van der Waals surface area (Å²) in [4.78, 5) is 2.31. The fraction of sp³-hybridized carbons (Fsp3) is 0.500. The number of rotatable bonds is 5. The molecule has 0 unspecified atom stereocenters. The molecule has 1 heterocycles. The monoisotopic (exact) mass is 417 g/mol. The third-order valence-electron chi connectivity index (χ3n) is 6.27. The fourth-order valence-corrected chi connectivity index (χ4v) is 4.63. The van der Waals surface area contributed by atoms with Crippen molar-refractivity contribution in [3.05, 3.63) is 65.7 Å². The number of aliphatic hydroxyl groups is 1. The standard InChI is InChI=1S/C24H29F2NO3/c25-22-11-10-21(14-23(22)26)30-17-24(28)15-27(12-13-29-16-24)20-8-6-19(7-9-20)18-4-2-1-3-5-18/h1-5,10-11,14,19-20,28H,6-9,12-13,15-17H2/t19?,20?,24-/m0/s1. The van der Waals surface area contributed by atoms with Gasteiger partial charge in [-0.2, -0.15) is 0 Å². The fourth-order valence-electron chi connectivity index (χ4n) is 4.63. The Morgan fingerprint density at radius 1 is 1.03 bits per heavy atom. The van der Waals surface area contributed by atoms with Crippen LogP contribution in [-0.4, -0.2) is 54.6 Å². The molecule has 2 aromatic carbocycles. The van der Waals surface area contributed by atoms with E-state index in [0.717, 1.165) is 44.4 Å². The summed E-state index contributed by atoms with van der Waals surface area (Å²) in [5.74, 6) is -1.09. The van der Waals surface area contributed by atoms with Crippen molar-refractivity contribution in [3.63, 3.8) is 0 Å². The molecular formula is C24H29F2NO3. The largest absolute Gasteiger partial charge is 0.490 e. The molecule has 0 amide bonds. The Morgan fingerprint density at radius 2 is 1.80 bits per heavy atom. The summed E-state index contributed by atoms with van der Waals surface area (Å²) in [5.41, 5.74) is 0.212. The molecule has 4 rings (SSSR count). The normalized spacial score (nSPS) is 28.1. The number of ether oxygens (including phenoxy) is 2. The molecule has 0 bridgehead atoms. The van der Waals surface area contributed by atoms with E-state index >= 15 is 0 Å². The molecule has 1 aliphatic heterocycles. The van der Waals surface area contributed by atoms with Gasteiger partial charge in [0.1, 0.15) is 18.0 Å². The van der Waals surface area contributed by atoms with E-state index < -0.39 is 17.2 Å². The van der Waals surface area contributed by atoms with Gasteiger partial charge in [-0.05, 0) is 49.3 Å². The predicted octanol–water partition coefficient (Wildman–Crippen LogP) is 4.13. The number of hydrogen-bond acceptors (Lipinski definition) is 4. The number of hydrogen-bond donors (Lipinski definition) is 1. The molecular weight excluding hydrogens is 388 g/mol. The van der Waals surface area contributed by atoms with Crippen molar-refractivity contribution in [2.45, 2.75) is 43.2 Å². The first-order valence-corrected chi connectivity index (χ1v) is 10.7. The highest BCUT2D eigenvalue weighted by atomic mass is 19.2. The third kappa shape index (κ3) is 5.17. The molecule has 162 valence electrons. The third-order valence-corrected chi connectivity index (χ3v) is 6.27. The maximum atomic E-state index is 13.4. The van der Waals surface area contributed by atoms with E-state index in [1.807, 2.05) is 0 Å². The van der Waals surface area contributed by atoms with Crippen LogP contribution >= 0.6 is 0 Å².